The first-order valence-corrected chi connectivity index (χ1v) is 13.9. The van der Waals surface area contributed by atoms with Gasteiger partial charge in [0, 0.05) is 0 Å². The number of nitrogens with zero attached hydrogens (tertiary/aromatic N) is 2. The summed E-state index contributed by atoms with van der Waals surface area (Å²) in [6.45, 7) is 0.350. The van der Waals surface area contributed by atoms with Crippen molar-refractivity contribution < 1.29 is 23.8 Å². The van der Waals surface area contributed by atoms with Gasteiger partial charge in [0.05, 0.1) is 32.7 Å². The summed E-state index contributed by atoms with van der Waals surface area (Å²) >= 11 is 14.2. The molecule has 0 atom stereocenters. The van der Waals surface area contributed by atoms with Gasteiger partial charge in [-0.25, -0.2) is 14.2 Å². The SMILES string of the molecule is O=C(O)c1ccc(CN2C(=O)/C(=C/c3cc(Cl)c(OCc4ccc(F)cc4)c(Cl)c3)SC2=Nc2ccccc2)cc1. The number of carbonyl (C=O) groups excluding carboxylic acids is 1. The minimum absolute atomic E-state index is 0.149. The Bertz CT molecular complexity index is 1640. The van der Waals surface area contributed by atoms with Crippen LogP contribution < -0.4 is 4.74 Å². The topological polar surface area (TPSA) is 79.2 Å². The number of amides is 1. The molecule has 0 spiro atoms. The predicted molar refractivity (Wildman–Crippen MR) is 160 cm³/mol. The number of aromatic carboxylic acids is 1. The van der Waals surface area contributed by atoms with Gasteiger partial charge < -0.3 is 9.84 Å². The minimum Gasteiger partial charge on any atom is -0.486 e. The van der Waals surface area contributed by atoms with Crippen molar-refractivity contribution in [3.8, 4) is 5.75 Å². The molecule has 0 unspecified atom stereocenters. The molecule has 1 aliphatic rings. The number of carboxylic acid groups (broad SMARTS) is 1. The van der Waals surface area contributed by atoms with Gasteiger partial charge >= 0.3 is 5.97 Å². The molecule has 4 aromatic rings. The van der Waals surface area contributed by atoms with Crippen LogP contribution in [0.5, 0.6) is 5.75 Å². The van der Waals surface area contributed by atoms with Crippen molar-refractivity contribution in [2.45, 2.75) is 13.2 Å². The van der Waals surface area contributed by atoms with Crippen LogP contribution >= 0.6 is 35.0 Å². The van der Waals surface area contributed by atoms with Crippen LogP contribution in [-0.2, 0) is 17.9 Å². The average molecular weight is 607 g/mol. The predicted octanol–water partition coefficient (Wildman–Crippen LogP) is 8.21. The van der Waals surface area contributed by atoms with Crippen molar-refractivity contribution in [1.29, 1.82) is 0 Å². The molecular weight excluding hydrogens is 586 g/mol. The monoisotopic (exact) mass is 606 g/mol. The first kappa shape index (κ1) is 28.4. The van der Waals surface area contributed by atoms with Crippen LogP contribution in [0.25, 0.3) is 6.08 Å². The molecule has 1 fully saturated rings. The van der Waals surface area contributed by atoms with Gasteiger partial charge in [-0.3, -0.25) is 9.69 Å². The summed E-state index contributed by atoms with van der Waals surface area (Å²) in [4.78, 5) is 31.4. The van der Waals surface area contributed by atoms with Crippen LogP contribution in [0.2, 0.25) is 10.0 Å². The van der Waals surface area contributed by atoms with Gasteiger partial charge in [-0.1, -0.05) is 65.7 Å². The van der Waals surface area contributed by atoms with Crippen LogP contribution in [0.4, 0.5) is 10.1 Å². The highest BCUT2D eigenvalue weighted by molar-refractivity contribution is 8.18. The van der Waals surface area contributed by atoms with E-state index in [1.54, 1.807) is 47.4 Å². The lowest BCUT2D eigenvalue weighted by atomic mass is 10.1. The van der Waals surface area contributed by atoms with Crippen molar-refractivity contribution in [1.82, 2.24) is 4.90 Å². The fraction of sp³-hybridized carbons (Fsp3) is 0.0645. The Balaban J connectivity index is 1.40. The number of benzene rings is 4. The van der Waals surface area contributed by atoms with Crippen molar-refractivity contribution in [2.75, 3.05) is 0 Å². The normalized spacial score (nSPS) is 15.1. The molecule has 0 bridgehead atoms. The maximum Gasteiger partial charge on any atom is 0.335 e. The summed E-state index contributed by atoms with van der Waals surface area (Å²) in [6, 6.07) is 24.8. The molecule has 0 aromatic heterocycles. The summed E-state index contributed by atoms with van der Waals surface area (Å²) in [5, 5.41) is 10.2. The Morgan fingerprint density at radius 3 is 2.22 bits per heavy atom. The lowest BCUT2D eigenvalue weighted by Gasteiger charge is -2.16. The summed E-state index contributed by atoms with van der Waals surface area (Å²) < 4.78 is 19.0. The Hall–Kier alpha value is -4.11. The van der Waals surface area contributed by atoms with Crippen LogP contribution in [0, 0.1) is 5.82 Å². The number of aliphatic imine (C=N–C) groups is 1. The number of halogens is 3. The maximum absolute atomic E-state index is 13.6. The van der Waals surface area contributed by atoms with E-state index in [2.05, 4.69) is 4.99 Å². The summed E-state index contributed by atoms with van der Waals surface area (Å²) in [7, 11) is 0. The van der Waals surface area contributed by atoms with E-state index < -0.39 is 5.97 Å². The van der Waals surface area contributed by atoms with Crippen LogP contribution in [-0.4, -0.2) is 27.1 Å². The van der Waals surface area contributed by atoms with Gasteiger partial charge in [-0.05, 0) is 83.1 Å². The number of para-hydroxylation sites is 1. The molecular formula is C31H21Cl2FN2O4S. The second kappa shape index (κ2) is 12.6. The van der Waals surface area contributed by atoms with Crippen molar-refractivity contribution in [3.05, 3.63) is 134 Å². The zero-order valence-corrected chi connectivity index (χ0v) is 23.6. The van der Waals surface area contributed by atoms with Crippen LogP contribution in [0.3, 0.4) is 0 Å². The molecule has 1 saturated heterocycles. The van der Waals surface area contributed by atoms with Gasteiger partial charge in [-0.15, -0.1) is 0 Å². The lowest BCUT2D eigenvalue weighted by molar-refractivity contribution is -0.122. The summed E-state index contributed by atoms with van der Waals surface area (Å²) in [5.74, 6) is -1.35. The van der Waals surface area contributed by atoms with E-state index in [-0.39, 0.29) is 46.2 Å². The quantitative estimate of drug-likeness (QED) is 0.204. The van der Waals surface area contributed by atoms with E-state index in [1.165, 1.54) is 36.0 Å². The fourth-order valence-electron chi connectivity index (χ4n) is 3.97. The summed E-state index contributed by atoms with van der Waals surface area (Å²) in [5.41, 5.74) is 2.94. The molecule has 1 amide bonds. The first-order valence-electron chi connectivity index (χ1n) is 12.3. The van der Waals surface area contributed by atoms with E-state index in [9.17, 15) is 19.1 Å². The number of hydrogen-bond acceptors (Lipinski definition) is 5. The van der Waals surface area contributed by atoms with Crippen molar-refractivity contribution >= 4 is 63.8 Å². The molecule has 0 aliphatic carbocycles. The highest BCUT2D eigenvalue weighted by Crippen LogP contribution is 2.39. The molecule has 0 radical (unpaired) electrons. The minimum atomic E-state index is -1.02. The number of rotatable bonds is 8. The average Bonchev–Trinajstić information content (AvgIpc) is 3.23. The number of carboxylic acids is 1. The number of hydrogen-bond donors (Lipinski definition) is 1. The number of ether oxygens (including phenoxy) is 1. The lowest BCUT2D eigenvalue weighted by Crippen LogP contribution is -2.28. The number of carbonyl (C=O) groups is 2. The molecule has 1 aliphatic heterocycles. The highest BCUT2D eigenvalue weighted by atomic mass is 35.5. The molecule has 206 valence electrons. The fourth-order valence-corrected chi connectivity index (χ4v) is 5.58. The third-order valence-corrected chi connectivity index (χ3v) is 7.59. The number of amidine groups is 1. The van der Waals surface area contributed by atoms with Gasteiger partial charge in [0.15, 0.2) is 10.9 Å². The molecule has 0 saturated carbocycles. The molecule has 1 heterocycles. The Labute approximate surface area is 249 Å². The van der Waals surface area contributed by atoms with E-state index in [0.717, 1.165) is 11.1 Å². The summed E-state index contributed by atoms with van der Waals surface area (Å²) in [6.07, 6.45) is 1.68. The van der Waals surface area contributed by atoms with E-state index in [4.69, 9.17) is 27.9 Å². The van der Waals surface area contributed by atoms with Crippen LogP contribution in [0.15, 0.2) is 101 Å². The smallest absolute Gasteiger partial charge is 0.335 e. The molecule has 5 rings (SSSR count). The molecule has 41 heavy (non-hydrogen) atoms. The second-order valence-electron chi connectivity index (χ2n) is 8.96. The van der Waals surface area contributed by atoms with Gasteiger partial charge in [0.2, 0.25) is 0 Å². The first-order chi connectivity index (χ1) is 19.8. The maximum atomic E-state index is 13.6. The third kappa shape index (κ3) is 6.97. The standard InChI is InChI=1S/C31H21Cl2FN2O4S/c32-25-14-21(15-26(33)28(25)40-18-20-8-12-23(34)13-9-20)16-27-29(37)36(17-19-6-10-22(11-7-19)30(38)39)31(41-27)35-24-4-2-1-3-5-24/h1-16H,17-18H2,(H,38,39)/b27-16-,35-31?. The van der Waals surface area contributed by atoms with E-state index in [0.29, 0.717) is 21.3 Å². The van der Waals surface area contributed by atoms with Gasteiger partial charge in [0.25, 0.3) is 5.91 Å². The molecule has 4 aromatic carbocycles. The van der Waals surface area contributed by atoms with Crippen molar-refractivity contribution in [3.63, 3.8) is 0 Å². The molecule has 1 N–H and O–H groups in total. The zero-order valence-electron chi connectivity index (χ0n) is 21.3. The van der Waals surface area contributed by atoms with Crippen LogP contribution in [0.1, 0.15) is 27.0 Å². The Kier molecular flexibility index (Phi) is 8.73. The van der Waals surface area contributed by atoms with E-state index in [1.807, 2.05) is 30.3 Å². The Morgan fingerprint density at radius 2 is 1.59 bits per heavy atom. The van der Waals surface area contributed by atoms with E-state index >= 15 is 0 Å². The van der Waals surface area contributed by atoms with Crippen molar-refractivity contribution in [2.24, 2.45) is 4.99 Å². The second-order valence-corrected chi connectivity index (χ2v) is 10.8. The molecule has 10 heteroatoms. The zero-order chi connectivity index (χ0) is 28.9. The third-order valence-electron chi connectivity index (χ3n) is 6.03. The Morgan fingerprint density at radius 1 is 0.951 bits per heavy atom. The van der Waals surface area contributed by atoms with Gasteiger partial charge in [-0.2, -0.15) is 0 Å². The molecule has 6 nitrogen and oxygen atoms in total. The van der Waals surface area contributed by atoms with Gasteiger partial charge in [0.1, 0.15) is 12.4 Å². The number of thioether (sulfide) groups is 1. The highest BCUT2D eigenvalue weighted by Gasteiger charge is 2.33. The largest absolute Gasteiger partial charge is 0.486 e.